The number of nitrogens with zero attached hydrogens (tertiary/aromatic N) is 1. The minimum atomic E-state index is 0.696. The molecule has 0 aromatic heterocycles. The summed E-state index contributed by atoms with van der Waals surface area (Å²) in [7, 11) is 0. The van der Waals surface area contributed by atoms with E-state index in [1.54, 1.807) is 0 Å². The van der Waals surface area contributed by atoms with Gasteiger partial charge in [-0.25, -0.2) is 0 Å². The molecule has 1 aliphatic rings. The Balaban J connectivity index is 2.34. The molecule has 1 atom stereocenters. The van der Waals surface area contributed by atoms with Gasteiger partial charge in [0.2, 0.25) is 0 Å². The van der Waals surface area contributed by atoms with Crippen LogP contribution in [0.2, 0.25) is 0 Å². The average Bonchev–Trinajstić information content (AvgIpc) is 3.06. The van der Waals surface area contributed by atoms with Crippen LogP contribution in [0.25, 0.3) is 0 Å². The number of hydrogen-bond donors (Lipinski definition) is 1. The summed E-state index contributed by atoms with van der Waals surface area (Å²) in [5, 5.41) is 3.53. The van der Waals surface area contributed by atoms with Crippen LogP contribution in [0.4, 0.5) is 0 Å². The number of nitrogens with one attached hydrogen (secondary N) is 1. The van der Waals surface area contributed by atoms with Crippen molar-refractivity contribution in [2.75, 3.05) is 19.6 Å². The lowest BCUT2D eigenvalue weighted by Gasteiger charge is -2.30. The minimum Gasteiger partial charge on any atom is -0.315 e. The second-order valence-corrected chi connectivity index (χ2v) is 4.48. The van der Waals surface area contributed by atoms with Crippen molar-refractivity contribution in [3.8, 4) is 0 Å². The molecule has 0 amide bonds. The van der Waals surface area contributed by atoms with Crippen LogP contribution in [0, 0.1) is 0 Å². The van der Waals surface area contributed by atoms with E-state index in [9.17, 15) is 0 Å². The molecule has 1 aliphatic carbocycles. The van der Waals surface area contributed by atoms with Crippen LogP contribution < -0.4 is 5.32 Å². The molecule has 0 saturated heterocycles. The van der Waals surface area contributed by atoms with Gasteiger partial charge in [0.15, 0.2) is 0 Å². The predicted octanol–water partition coefficient (Wildman–Crippen LogP) is 2.42. The number of rotatable bonds is 9. The van der Waals surface area contributed by atoms with E-state index in [0.717, 1.165) is 25.7 Å². The fourth-order valence-corrected chi connectivity index (χ4v) is 2.09. The van der Waals surface area contributed by atoms with Crippen molar-refractivity contribution in [3.63, 3.8) is 0 Å². The Morgan fingerprint density at radius 3 is 2.67 bits per heavy atom. The maximum absolute atomic E-state index is 3.86. The zero-order valence-corrected chi connectivity index (χ0v) is 10.3. The SMILES string of the molecule is C=CCN(C1CC1)C(CC)CNCCC. The van der Waals surface area contributed by atoms with Gasteiger partial charge in [0.25, 0.3) is 0 Å². The van der Waals surface area contributed by atoms with Gasteiger partial charge in [-0.1, -0.05) is 19.9 Å². The van der Waals surface area contributed by atoms with Crippen LogP contribution in [0.1, 0.15) is 39.5 Å². The van der Waals surface area contributed by atoms with Crippen LogP contribution in [0.3, 0.4) is 0 Å². The van der Waals surface area contributed by atoms with Gasteiger partial charge in [-0.15, -0.1) is 6.58 Å². The quantitative estimate of drug-likeness (QED) is 0.464. The molecule has 2 nitrogen and oxygen atoms in total. The monoisotopic (exact) mass is 210 g/mol. The molecule has 0 bridgehead atoms. The first kappa shape index (κ1) is 12.7. The highest BCUT2D eigenvalue weighted by Crippen LogP contribution is 2.29. The van der Waals surface area contributed by atoms with E-state index in [-0.39, 0.29) is 0 Å². The first-order valence-electron chi connectivity index (χ1n) is 6.40. The zero-order chi connectivity index (χ0) is 11.1. The van der Waals surface area contributed by atoms with Gasteiger partial charge in [-0.2, -0.15) is 0 Å². The summed E-state index contributed by atoms with van der Waals surface area (Å²) in [6.45, 7) is 11.7. The highest BCUT2D eigenvalue weighted by Gasteiger charge is 2.31. The van der Waals surface area contributed by atoms with Crippen LogP contribution in [0.5, 0.6) is 0 Å². The molecule has 0 heterocycles. The molecule has 1 saturated carbocycles. The van der Waals surface area contributed by atoms with E-state index in [4.69, 9.17) is 0 Å². The highest BCUT2D eigenvalue weighted by molar-refractivity contribution is 4.92. The fraction of sp³-hybridized carbons (Fsp3) is 0.846. The van der Waals surface area contributed by atoms with Gasteiger partial charge in [0.1, 0.15) is 0 Å². The van der Waals surface area contributed by atoms with Crippen molar-refractivity contribution in [1.82, 2.24) is 10.2 Å². The molecule has 2 heteroatoms. The molecule has 88 valence electrons. The molecule has 0 spiro atoms. The van der Waals surface area contributed by atoms with Gasteiger partial charge in [0, 0.05) is 25.2 Å². The third kappa shape index (κ3) is 4.35. The molecule has 0 radical (unpaired) electrons. The molecule has 0 aromatic carbocycles. The van der Waals surface area contributed by atoms with Gasteiger partial charge in [-0.3, -0.25) is 4.90 Å². The van der Waals surface area contributed by atoms with E-state index >= 15 is 0 Å². The Bertz CT molecular complexity index is 175. The van der Waals surface area contributed by atoms with Gasteiger partial charge in [0.05, 0.1) is 0 Å². The van der Waals surface area contributed by atoms with E-state index in [2.05, 4.69) is 30.6 Å². The average molecular weight is 210 g/mol. The van der Waals surface area contributed by atoms with E-state index in [1.807, 2.05) is 6.08 Å². The highest BCUT2D eigenvalue weighted by atomic mass is 15.2. The molecule has 0 aliphatic heterocycles. The Morgan fingerprint density at radius 2 is 2.20 bits per heavy atom. The Morgan fingerprint density at radius 1 is 1.47 bits per heavy atom. The molecule has 15 heavy (non-hydrogen) atoms. The first-order chi connectivity index (χ1) is 7.33. The third-order valence-electron chi connectivity index (χ3n) is 3.10. The van der Waals surface area contributed by atoms with Crippen LogP contribution in [0.15, 0.2) is 12.7 Å². The normalized spacial score (nSPS) is 18.1. The molecular formula is C13H26N2. The summed E-state index contributed by atoms with van der Waals surface area (Å²) in [6.07, 6.45) is 7.28. The smallest absolute Gasteiger partial charge is 0.0224 e. The maximum Gasteiger partial charge on any atom is 0.0224 e. The minimum absolute atomic E-state index is 0.696. The van der Waals surface area contributed by atoms with Crippen molar-refractivity contribution in [2.24, 2.45) is 0 Å². The topological polar surface area (TPSA) is 15.3 Å². The third-order valence-corrected chi connectivity index (χ3v) is 3.10. The largest absolute Gasteiger partial charge is 0.315 e. The van der Waals surface area contributed by atoms with Crippen LogP contribution in [-0.2, 0) is 0 Å². The van der Waals surface area contributed by atoms with E-state index < -0.39 is 0 Å². The Hall–Kier alpha value is -0.340. The van der Waals surface area contributed by atoms with Gasteiger partial charge < -0.3 is 5.32 Å². The van der Waals surface area contributed by atoms with Crippen molar-refractivity contribution in [1.29, 1.82) is 0 Å². The Labute approximate surface area is 94.7 Å². The summed E-state index contributed by atoms with van der Waals surface area (Å²) in [5.74, 6) is 0. The molecule has 1 rings (SSSR count). The van der Waals surface area contributed by atoms with E-state index in [1.165, 1.54) is 25.7 Å². The summed E-state index contributed by atoms with van der Waals surface area (Å²) in [5.41, 5.74) is 0. The lowest BCUT2D eigenvalue weighted by atomic mass is 10.1. The van der Waals surface area contributed by atoms with Crippen LogP contribution >= 0.6 is 0 Å². The van der Waals surface area contributed by atoms with Crippen LogP contribution in [-0.4, -0.2) is 36.6 Å². The molecule has 0 aromatic rings. The predicted molar refractivity (Wildman–Crippen MR) is 67.2 cm³/mol. The summed E-state index contributed by atoms with van der Waals surface area (Å²) >= 11 is 0. The molecular weight excluding hydrogens is 184 g/mol. The lowest BCUT2D eigenvalue weighted by Crippen LogP contribution is -2.43. The summed E-state index contributed by atoms with van der Waals surface area (Å²) < 4.78 is 0. The van der Waals surface area contributed by atoms with Crippen molar-refractivity contribution >= 4 is 0 Å². The summed E-state index contributed by atoms with van der Waals surface area (Å²) in [6, 6.07) is 1.54. The summed E-state index contributed by atoms with van der Waals surface area (Å²) in [4.78, 5) is 2.62. The molecule has 1 N–H and O–H groups in total. The van der Waals surface area contributed by atoms with Gasteiger partial charge in [-0.05, 0) is 32.2 Å². The number of hydrogen-bond acceptors (Lipinski definition) is 2. The Kier molecular flexibility index (Phi) is 5.96. The second kappa shape index (κ2) is 7.02. The van der Waals surface area contributed by atoms with E-state index in [0.29, 0.717) is 6.04 Å². The first-order valence-corrected chi connectivity index (χ1v) is 6.40. The molecule has 1 unspecified atom stereocenters. The zero-order valence-electron chi connectivity index (χ0n) is 10.3. The van der Waals surface area contributed by atoms with Crippen molar-refractivity contribution in [3.05, 3.63) is 12.7 Å². The maximum atomic E-state index is 3.86. The molecule has 1 fully saturated rings. The van der Waals surface area contributed by atoms with Crippen molar-refractivity contribution < 1.29 is 0 Å². The second-order valence-electron chi connectivity index (χ2n) is 4.48. The van der Waals surface area contributed by atoms with Crippen molar-refractivity contribution in [2.45, 2.75) is 51.6 Å². The fourth-order valence-electron chi connectivity index (χ4n) is 2.09. The lowest BCUT2D eigenvalue weighted by molar-refractivity contribution is 0.197. The van der Waals surface area contributed by atoms with Gasteiger partial charge >= 0.3 is 0 Å². The standard InChI is InChI=1S/C13H26N2/c1-4-9-14-11-12(6-3)15(10-5-2)13-7-8-13/h5,12-14H,2,4,6-11H2,1,3H3.